The minimum atomic E-state index is 0.0408. The normalized spacial score (nSPS) is 18.2. The van der Waals surface area contributed by atoms with Crippen LogP contribution in [0.3, 0.4) is 0 Å². The Bertz CT molecular complexity index is 726. The first-order valence-corrected chi connectivity index (χ1v) is 8.01. The van der Waals surface area contributed by atoms with E-state index in [1.54, 1.807) is 0 Å². The van der Waals surface area contributed by atoms with Crippen molar-refractivity contribution >= 4 is 11.3 Å². The topological polar surface area (TPSA) is 12.4 Å². The standard InChI is InChI=1S/C21H25N/c1-20(2,3)15-12-16-17(13-15)22-19(21(4,5)6)18(16)14-10-8-7-9-11-14/h7-13H,1-6H3. The molecule has 0 amide bonds. The quantitative estimate of drug-likeness (QED) is 0.619. The van der Waals surface area contributed by atoms with Crippen molar-refractivity contribution in [2.24, 2.45) is 15.8 Å². The molecule has 0 spiro atoms. The van der Waals surface area contributed by atoms with E-state index in [1.807, 2.05) is 0 Å². The molecular weight excluding hydrogens is 266 g/mol. The lowest BCUT2D eigenvalue weighted by Gasteiger charge is -2.21. The van der Waals surface area contributed by atoms with Crippen molar-refractivity contribution in [1.82, 2.24) is 0 Å². The number of hydrogen-bond acceptors (Lipinski definition) is 1. The van der Waals surface area contributed by atoms with Crippen molar-refractivity contribution in [2.45, 2.75) is 41.5 Å². The molecule has 0 aromatic heterocycles. The van der Waals surface area contributed by atoms with Crippen molar-refractivity contribution < 1.29 is 0 Å². The molecule has 1 aromatic carbocycles. The fourth-order valence-corrected chi connectivity index (χ4v) is 2.97. The molecule has 22 heavy (non-hydrogen) atoms. The third-order valence-electron chi connectivity index (χ3n) is 4.25. The summed E-state index contributed by atoms with van der Waals surface area (Å²) >= 11 is 0. The number of benzene rings is 1. The van der Waals surface area contributed by atoms with Crippen LogP contribution in [0.2, 0.25) is 0 Å². The lowest BCUT2D eigenvalue weighted by atomic mass is 9.84. The molecule has 1 heteroatoms. The Kier molecular flexibility index (Phi) is 3.28. The molecule has 0 saturated carbocycles. The van der Waals surface area contributed by atoms with Gasteiger partial charge >= 0.3 is 0 Å². The van der Waals surface area contributed by atoms with Crippen LogP contribution in [-0.2, 0) is 0 Å². The molecule has 1 aromatic rings. The Morgan fingerprint density at radius 3 is 1.95 bits per heavy atom. The summed E-state index contributed by atoms with van der Waals surface area (Å²) in [4.78, 5) is 4.99. The van der Waals surface area contributed by atoms with E-state index in [2.05, 4.69) is 84.0 Å². The highest BCUT2D eigenvalue weighted by atomic mass is 14.8. The number of nitrogens with zero attached hydrogens (tertiary/aromatic N) is 1. The molecule has 0 fully saturated rings. The Balaban J connectivity index is 2.16. The summed E-state index contributed by atoms with van der Waals surface area (Å²) in [6, 6.07) is 10.7. The van der Waals surface area contributed by atoms with Gasteiger partial charge in [0.15, 0.2) is 0 Å². The highest BCUT2D eigenvalue weighted by molar-refractivity contribution is 6.25. The molecular formula is C21H25N. The van der Waals surface area contributed by atoms with Gasteiger partial charge in [-0.05, 0) is 28.7 Å². The van der Waals surface area contributed by atoms with E-state index in [9.17, 15) is 0 Å². The monoisotopic (exact) mass is 291 g/mol. The first-order valence-electron chi connectivity index (χ1n) is 8.01. The van der Waals surface area contributed by atoms with Crippen molar-refractivity contribution in [2.75, 3.05) is 0 Å². The smallest absolute Gasteiger partial charge is 0.0715 e. The minimum Gasteiger partial charge on any atom is -0.252 e. The molecule has 1 aliphatic carbocycles. The van der Waals surface area contributed by atoms with E-state index in [0.717, 1.165) is 5.71 Å². The van der Waals surface area contributed by atoms with Crippen molar-refractivity contribution in [1.29, 1.82) is 0 Å². The van der Waals surface area contributed by atoms with Crippen LogP contribution in [0.5, 0.6) is 0 Å². The zero-order valence-corrected chi connectivity index (χ0v) is 14.5. The molecule has 0 atom stereocenters. The molecule has 1 nitrogen and oxygen atoms in total. The molecule has 0 unspecified atom stereocenters. The second kappa shape index (κ2) is 4.81. The molecule has 0 saturated heterocycles. The first kappa shape index (κ1) is 15.0. The van der Waals surface area contributed by atoms with E-state index in [0.29, 0.717) is 0 Å². The largest absolute Gasteiger partial charge is 0.252 e. The van der Waals surface area contributed by atoms with Gasteiger partial charge in [0.25, 0.3) is 0 Å². The van der Waals surface area contributed by atoms with E-state index in [-0.39, 0.29) is 10.8 Å². The van der Waals surface area contributed by atoms with E-state index < -0.39 is 0 Å². The van der Waals surface area contributed by atoms with Crippen LogP contribution in [0.1, 0.15) is 47.1 Å². The summed E-state index contributed by atoms with van der Waals surface area (Å²) in [5.74, 6) is 0. The maximum atomic E-state index is 4.99. The highest BCUT2D eigenvalue weighted by Gasteiger charge is 2.34. The molecule has 0 radical (unpaired) electrons. The van der Waals surface area contributed by atoms with E-state index in [1.165, 1.54) is 28.0 Å². The number of rotatable bonds is 1. The second-order valence-corrected chi connectivity index (χ2v) is 8.24. The van der Waals surface area contributed by atoms with Crippen LogP contribution in [0.25, 0.3) is 5.57 Å². The van der Waals surface area contributed by atoms with E-state index in [4.69, 9.17) is 4.99 Å². The Morgan fingerprint density at radius 2 is 1.41 bits per heavy atom. The average Bonchev–Trinajstić information content (AvgIpc) is 2.95. The fraction of sp³-hybridized carbons (Fsp3) is 0.381. The van der Waals surface area contributed by atoms with Gasteiger partial charge in [-0.2, -0.15) is 0 Å². The molecule has 3 rings (SSSR count). The van der Waals surface area contributed by atoms with Crippen LogP contribution < -0.4 is 0 Å². The van der Waals surface area contributed by atoms with Gasteiger partial charge in [0.1, 0.15) is 0 Å². The predicted octanol–water partition coefficient (Wildman–Crippen LogP) is 5.81. The van der Waals surface area contributed by atoms with Gasteiger partial charge in [0.05, 0.1) is 11.4 Å². The maximum absolute atomic E-state index is 4.99. The van der Waals surface area contributed by atoms with Gasteiger partial charge in [-0.15, -0.1) is 0 Å². The van der Waals surface area contributed by atoms with Gasteiger partial charge < -0.3 is 0 Å². The van der Waals surface area contributed by atoms with Gasteiger partial charge in [-0.3, -0.25) is 4.99 Å². The summed E-state index contributed by atoms with van der Waals surface area (Å²) < 4.78 is 0. The van der Waals surface area contributed by atoms with Crippen molar-refractivity contribution in [3.05, 3.63) is 64.9 Å². The number of aliphatic imine (C=N–C) groups is 1. The maximum Gasteiger partial charge on any atom is 0.0715 e. The first-order chi connectivity index (χ1) is 10.2. The molecule has 2 aliphatic rings. The van der Waals surface area contributed by atoms with Crippen LogP contribution >= 0.6 is 0 Å². The Labute approximate surface area is 134 Å². The summed E-state index contributed by atoms with van der Waals surface area (Å²) in [6.07, 6.45) is 4.59. The summed E-state index contributed by atoms with van der Waals surface area (Å²) in [7, 11) is 0. The van der Waals surface area contributed by atoms with Crippen molar-refractivity contribution in [3.63, 3.8) is 0 Å². The number of fused-ring (bicyclic) bond motifs is 1. The summed E-state index contributed by atoms with van der Waals surface area (Å²) in [5.41, 5.74) is 7.75. The zero-order valence-electron chi connectivity index (χ0n) is 14.5. The van der Waals surface area contributed by atoms with Crippen LogP contribution in [0.15, 0.2) is 64.3 Å². The molecule has 114 valence electrons. The predicted molar refractivity (Wildman–Crippen MR) is 95.9 cm³/mol. The van der Waals surface area contributed by atoms with Gasteiger partial charge in [0.2, 0.25) is 0 Å². The SMILES string of the molecule is CC(C)(C)C1=CC2=NC(C(C)(C)C)=C(c3ccccc3)C2=C1. The third kappa shape index (κ3) is 2.49. The fourth-order valence-electron chi connectivity index (χ4n) is 2.97. The van der Waals surface area contributed by atoms with Crippen LogP contribution in [0.4, 0.5) is 0 Å². The molecule has 0 bridgehead atoms. The number of hydrogen-bond donors (Lipinski definition) is 0. The molecule has 1 aliphatic heterocycles. The second-order valence-electron chi connectivity index (χ2n) is 8.24. The summed E-state index contributed by atoms with van der Waals surface area (Å²) in [6.45, 7) is 13.5. The average molecular weight is 291 g/mol. The van der Waals surface area contributed by atoms with E-state index >= 15 is 0 Å². The van der Waals surface area contributed by atoms with Crippen molar-refractivity contribution in [3.8, 4) is 0 Å². The molecule has 0 N–H and O–H groups in total. The van der Waals surface area contributed by atoms with Crippen LogP contribution in [0, 0.1) is 10.8 Å². The van der Waals surface area contributed by atoms with Gasteiger partial charge in [-0.1, -0.05) is 71.9 Å². The Hall–Kier alpha value is -1.89. The zero-order chi connectivity index (χ0) is 16.1. The van der Waals surface area contributed by atoms with Gasteiger partial charge in [0, 0.05) is 16.6 Å². The third-order valence-corrected chi connectivity index (χ3v) is 4.25. The number of allylic oxidation sites excluding steroid dienone is 6. The minimum absolute atomic E-state index is 0.0408. The Morgan fingerprint density at radius 1 is 0.773 bits per heavy atom. The highest BCUT2D eigenvalue weighted by Crippen LogP contribution is 2.46. The summed E-state index contributed by atoms with van der Waals surface area (Å²) in [5, 5.41) is 0. The lowest BCUT2D eigenvalue weighted by molar-refractivity contribution is 0.502. The van der Waals surface area contributed by atoms with Gasteiger partial charge in [-0.25, -0.2) is 0 Å². The van der Waals surface area contributed by atoms with Crippen LogP contribution in [-0.4, -0.2) is 5.71 Å². The molecule has 1 heterocycles. The lowest BCUT2D eigenvalue weighted by Crippen LogP contribution is -2.09.